The van der Waals surface area contributed by atoms with Gasteiger partial charge in [0.1, 0.15) is 7.85 Å². The van der Waals surface area contributed by atoms with Gasteiger partial charge in [-0.3, -0.25) is 4.68 Å². The van der Waals surface area contributed by atoms with E-state index in [0.29, 0.717) is 0 Å². The minimum absolute atomic E-state index is 1.15. The molecule has 11 heavy (non-hydrogen) atoms. The maximum Gasteiger partial charge on any atom is 0.133 e. The Morgan fingerprint density at radius 1 is 1.55 bits per heavy atom. The molecule has 0 radical (unpaired) electrons. The molecule has 1 aromatic rings. The molecule has 56 valence electrons. The van der Waals surface area contributed by atoms with Gasteiger partial charge in [-0.15, -0.1) is 5.47 Å². The van der Waals surface area contributed by atoms with Gasteiger partial charge in [0.15, 0.2) is 0 Å². The molecule has 2 rings (SSSR count). The first kappa shape index (κ1) is 6.71. The van der Waals surface area contributed by atoms with Gasteiger partial charge < -0.3 is 0 Å². The van der Waals surface area contributed by atoms with Crippen LogP contribution >= 0.6 is 0 Å². The number of hydrogen-bond acceptors (Lipinski definition) is 1. The van der Waals surface area contributed by atoms with Gasteiger partial charge in [-0.1, -0.05) is 6.08 Å². The number of aromatic nitrogens is 2. The zero-order chi connectivity index (χ0) is 7.84. The van der Waals surface area contributed by atoms with Gasteiger partial charge in [0.05, 0.1) is 6.20 Å². The van der Waals surface area contributed by atoms with E-state index in [4.69, 9.17) is 0 Å². The van der Waals surface area contributed by atoms with Crippen molar-refractivity contribution in [3.05, 3.63) is 22.9 Å². The molecule has 1 aromatic heterocycles. The van der Waals surface area contributed by atoms with Crippen molar-refractivity contribution >= 4 is 13.9 Å². The zero-order valence-corrected chi connectivity index (χ0v) is 6.96. The number of fused-ring (bicyclic) bond motifs is 1. The fourth-order valence-electron chi connectivity index (χ4n) is 1.56. The summed E-state index contributed by atoms with van der Waals surface area (Å²) in [6, 6.07) is 0. The van der Waals surface area contributed by atoms with E-state index in [0.717, 1.165) is 6.42 Å². The van der Waals surface area contributed by atoms with Gasteiger partial charge in [-0.2, -0.15) is 5.10 Å². The maximum absolute atomic E-state index is 4.20. The highest BCUT2D eigenvalue weighted by Gasteiger charge is 2.10. The molecular weight excluding hydrogens is 135 g/mol. The Bertz CT molecular complexity index is 312. The maximum atomic E-state index is 4.20. The molecule has 1 aliphatic carbocycles. The average molecular weight is 146 g/mol. The second kappa shape index (κ2) is 2.26. The van der Waals surface area contributed by atoms with Crippen molar-refractivity contribution in [1.82, 2.24) is 9.78 Å². The highest BCUT2D eigenvalue weighted by Crippen LogP contribution is 2.20. The number of allylic oxidation sites excluding steroid dienone is 1. The Kier molecular flexibility index (Phi) is 1.38. The molecule has 0 saturated heterocycles. The molecular formula is C8H11BN2. The molecule has 0 unspecified atom stereocenters. The summed E-state index contributed by atoms with van der Waals surface area (Å²) in [5, 5.41) is 4.20. The number of aryl methyl sites for hydroxylation is 1. The third kappa shape index (κ3) is 1.00. The molecule has 1 heterocycles. The predicted molar refractivity (Wildman–Crippen MR) is 48.1 cm³/mol. The minimum atomic E-state index is 1.15. The van der Waals surface area contributed by atoms with Crippen molar-refractivity contribution in [2.75, 3.05) is 0 Å². The summed E-state index contributed by atoms with van der Waals surface area (Å²) >= 11 is 0. The second-order valence-electron chi connectivity index (χ2n) is 3.16. The van der Waals surface area contributed by atoms with Gasteiger partial charge in [-0.25, -0.2) is 0 Å². The van der Waals surface area contributed by atoms with Crippen LogP contribution in [-0.2, 0) is 13.5 Å². The molecule has 0 aromatic carbocycles. The molecule has 0 atom stereocenters. The highest BCUT2D eigenvalue weighted by molar-refractivity contribution is 6.24. The lowest BCUT2D eigenvalue weighted by atomic mass is 9.85. The molecule has 0 aliphatic heterocycles. The summed E-state index contributed by atoms with van der Waals surface area (Å²) in [4.78, 5) is 0. The summed E-state index contributed by atoms with van der Waals surface area (Å²) in [5.74, 6) is 0. The van der Waals surface area contributed by atoms with Crippen LogP contribution in [0.2, 0.25) is 0 Å². The monoisotopic (exact) mass is 146 g/mol. The van der Waals surface area contributed by atoms with E-state index in [-0.39, 0.29) is 0 Å². The third-order valence-corrected chi connectivity index (χ3v) is 2.25. The summed E-state index contributed by atoms with van der Waals surface area (Å²) in [5.41, 5.74) is 4.14. The fourth-order valence-corrected chi connectivity index (χ4v) is 1.56. The molecule has 0 saturated carbocycles. The van der Waals surface area contributed by atoms with Crippen LogP contribution in [0.5, 0.6) is 0 Å². The van der Waals surface area contributed by atoms with Gasteiger partial charge in [0, 0.05) is 18.3 Å². The van der Waals surface area contributed by atoms with Crippen molar-refractivity contribution in [2.45, 2.75) is 12.8 Å². The first-order valence-electron chi connectivity index (χ1n) is 3.95. The summed E-state index contributed by atoms with van der Waals surface area (Å²) in [7, 11) is 4.18. The normalized spacial score (nSPS) is 15.9. The topological polar surface area (TPSA) is 17.8 Å². The standard InChI is InChI=1S/C8H11BN2/c1-11-8-3-2-7(9)4-6(8)5-10-11/h4-5H,2-3,9H2,1H3. The lowest BCUT2D eigenvalue weighted by Crippen LogP contribution is -2.03. The summed E-state index contributed by atoms with van der Waals surface area (Å²) in [6.45, 7) is 0. The Morgan fingerprint density at radius 2 is 2.36 bits per heavy atom. The van der Waals surface area contributed by atoms with Crippen LogP contribution in [0.25, 0.3) is 6.08 Å². The van der Waals surface area contributed by atoms with Crippen LogP contribution in [0.3, 0.4) is 0 Å². The smallest absolute Gasteiger partial charge is 0.133 e. The largest absolute Gasteiger partial charge is 0.272 e. The third-order valence-electron chi connectivity index (χ3n) is 2.25. The molecule has 0 fully saturated rings. The van der Waals surface area contributed by atoms with E-state index in [9.17, 15) is 0 Å². The number of rotatable bonds is 0. The lowest BCUT2D eigenvalue weighted by Gasteiger charge is -2.10. The quantitative estimate of drug-likeness (QED) is 0.482. The fraction of sp³-hybridized carbons (Fsp3) is 0.375. The SMILES string of the molecule is BC1=Cc2cnn(C)c2CC1. The van der Waals surface area contributed by atoms with E-state index in [1.807, 2.05) is 17.9 Å². The second-order valence-corrected chi connectivity index (χ2v) is 3.16. The average Bonchev–Trinajstić information content (AvgIpc) is 2.32. The van der Waals surface area contributed by atoms with Crippen LogP contribution in [0.4, 0.5) is 0 Å². The van der Waals surface area contributed by atoms with E-state index in [1.54, 1.807) is 0 Å². The predicted octanol–water partition coefficient (Wildman–Crippen LogP) is 0.340. The highest BCUT2D eigenvalue weighted by atomic mass is 15.3. The van der Waals surface area contributed by atoms with Crippen LogP contribution in [0, 0.1) is 0 Å². The van der Waals surface area contributed by atoms with Crippen LogP contribution in [-0.4, -0.2) is 17.6 Å². The minimum Gasteiger partial charge on any atom is -0.272 e. The van der Waals surface area contributed by atoms with Gasteiger partial charge in [-0.05, 0) is 12.8 Å². The van der Waals surface area contributed by atoms with E-state index < -0.39 is 0 Å². The number of nitrogens with zero attached hydrogens (tertiary/aromatic N) is 2. The van der Waals surface area contributed by atoms with E-state index >= 15 is 0 Å². The first-order chi connectivity index (χ1) is 5.27. The van der Waals surface area contributed by atoms with Crippen molar-refractivity contribution in [3.8, 4) is 0 Å². The molecule has 0 amide bonds. The Hall–Kier alpha value is -0.985. The van der Waals surface area contributed by atoms with Crippen LogP contribution in [0.15, 0.2) is 11.7 Å². The Morgan fingerprint density at radius 3 is 3.18 bits per heavy atom. The van der Waals surface area contributed by atoms with Crippen LogP contribution in [0.1, 0.15) is 17.7 Å². The summed E-state index contributed by atoms with van der Waals surface area (Å²) < 4.78 is 1.97. The van der Waals surface area contributed by atoms with Gasteiger partial charge >= 0.3 is 0 Å². The Labute approximate surface area is 67.3 Å². The molecule has 0 bridgehead atoms. The Balaban J connectivity index is 2.53. The molecule has 0 N–H and O–H groups in total. The van der Waals surface area contributed by atoms with Crippen molar-refractivity contribution in [1.29, 1.82) is 0 Å². The number of hydrogen-bond donors (Lipinski definition) is 0. The van der Waals surface area contributed by atoms with E-state index in [1.165, 1.54) is 23.2 Å². The van der Waals surface area contributed by atoms with Gasteiger partial charge in [0.25, 0.3) is 0 Å². The first-order valence-corrected chi connectivity index (χ1v) is 3.95. The molecule has 3 heteroatoms. The van der Waals surface area contributed by atoms with Gasteiger partial charge in [0.2, 0.25) is 0 Å². The zero-order valence-electron chi connectivity index (χ0n) is 6.96. The van der Waals surface area contributed by atoms with Crippen molar-refractivity contribution in [3.63, 3.8) is 0 Å². The molecule has 0 spiro atoms. The summed E-state index contributed by atoms with van der Waals surface area (Å²) in [6.07, 6.45) is 6.50. The van der Waals surface area contributed by atoms with E-state index in [2.05, 4.69) is 19.0 Å². The lowest BCUT2D eigenvalue weighted by molar-refractivity contribution is 0.703. The van der Waals surface area contributed by atoms with Crippen LogP contribution < -0.4 is 0 Å². The van der Waals surface area contributed by atoms with Crippen molar-refractivity contribution < 1.29 is 0 Å². The van der Waals surface area contributed by atoms with Crippen molar-refractivity contribution in [2.24, 2.45) is 7.05 Å². The molecule has 1 aliphatic rings. The molecule has 2 nitrogen and oxygen atoms in total.